The number of carbonyl (C=O) groups is 1. The van der Waals surface area contributed by atoms with Crippen molar-refractivity contribution < 1.29 is 10.5 Å². The van der Waals surface area contributed by atoms with Gasteiger partial charge in [0.15, 0.2) is 5.78 Å². The van der Waals surface area contributed by atoms with Crippen molar-refractivity contribution in [3.8, 4) is 0 Å². The Balaban J connectivity index is 3.15. The highest BCUT2D eigenvalue weighted by molar-refractivity contribution is 5.93. The molecule has 3 N–H and O–H groups in total. The number of carbonyl (C=O) groups excluding carboxylic acids is 1. The van der Waals surface area contributed by atoms with Crippen LogP contribution in [-0.4, -0.2) is 10.4 Å². The van der Waals surface area contributed by atoms with Gasteiger partial charge < -0.3 is 10.3 Å². The van der Waals surface area contributed by atoms with Crippen LogP contribution in [0.1, 0.15) is 17.4 Å². The minimum atomic E-state index is 0.0809. The van der Waals surface area contributed by atoms with Crippen LogP contribution in [0.3, 0.4) is 0 Å². The number of hydrogen-bond donors (Lipinski definition) is 1. The summed E-state index contributed by atoms with van der Waals surface area (Å²) in [7, 11) is 1.84. The van der Waals surface area contributed by atoms with Gasteiger partial charge in [-0.1, -0.05) is 0 Å². The van der Waals surface area contributed by atoms with Crippen molar-refractivity contribution in [2.45, 2.75) is 6.92 Å². The molecule has 0 amide bonds. The van der Waals surface area contributed by atoms with Gasteiger partial charge in [-0.25, -0.2) is 0 Å². The molecule has 10 heavy (non-hydrogen) atoms. The second kappa shape index (κ2) is 2.27. The molecular formula is C7H11N2O+. The highest BCUT2D eigenvalue weighted by Gasteiger charge is 2.05. The lowest BCUT2D eigenvalue weighted by Gasteiger charge is -1.93. The smallest absolute Gasteiger partial charge is 0.176 e. The standard InChI is InChI=1S/C7H10N2O/c1-5(10)7-3-6(8)4-9(7)2/h3-4H,8H2,1-2H3/p+1. The van der Waals surface area contributed by atoms with E-state index >= 15 is 0 Å². The summed E-state index contributed by atoms with van der Waals surface area (Å²) in [5.41, 5.74) is 5.31. The quantitative estimate of drug-likeness (QED) is 0.551. The number of quaternary nitrogens is 1. The Morgan fingerprint density at radius 3 is 2.50 bits per heavy atom. The monoisotopic (exact) mass is 139 g/mol. The van der Waals surface area contributed by atoms with E-state index in [1.165, 1.54) is 0 Å². The van der Waals surface area contributed by atoms with Crippen molar-refractivity contribution in [1.29, 1.82) is 0 Å². The molecule has 0 radical (unpaired) electrons. The maximum absolute atomic E-state index is 10.8. The molecule has 3 nitrogen and oxygen atoms in total. The van der Waals surface area contributed by atoms with Crippen molar-refractivity contribution >= 4 is 11.5 Å². The summed E-state index contributed by atoms with van der Waals surface area (Å²) in [6.45, 7) is 1.55. The van der Waals surface area contributed by atoms with Crippen molar-refractivity contribution in [2.24, 2.45) is 7.05 Å². The zero-order chi connectivity index (χ0) is 7.72. The zero-order valence-corrected chi connectivity index (χ0v) is 6.22. The molecular weight excluding hydrogens is 128 g/mol. The third-order valence-corrected chi connectivity index (χ3v) is 1.42. The van der Waals surface area contributed by atoms with Gasteiger partial charge in [0, 0.05) is 20.0 Å². The average Bonchev–Trinajstić information content (AvgIpc) is 2.10. The summed E-state index contributed by atoms with van der Waals surface area (Å²) in [4.78, 5) is 10.8. The lowest BCUT2D eigenvalue weighted by molar-refractivity contribution is -0.254. The van der Waals surface area contributed by atoms with Crippen molar-refractivity contribution in [3.05, 3.63) is 18.0 Å². The summed E-state index contributed by atoms with van der Waals surface area (Å²) in [6, 6.07) is 1.78. The number of nitrogens with zero attached hydrogens (tertiary/aromatic N) is 1. The van der Waals surface area contributed by atoms with Crippen LogP contribution in [0.25, 0.3) is 0 Å². The van der Waals surface area contributed by atoms with Gasteiger partial charge in [0.05, 0.1) is 11.9 Å². The van der Waals surface area contributed by atoms with Crippen LogP contribution < -0.4 is 5.73 Å². The predicted octanol–water partition coefficient (Wildman–Crippen LogP) is 0.101. The molecule has 0 spiro atoms. The maximum Gasteiger partial charge on any atom is 0.176 e. The van der Waals surface area contributed by atoms with Crippen molar-refractivity contribution in [3.63, 3.8) is 0 Å². The molecule has 0 aliphatic rings. The van der Waals surface area contributed by atoms with E-state index < -0.39 is 0 Å². The minimum absolute atomic E-state index is 0.0809. The van der Waals surface area contributed by atoms with E-state index in [-0.39, 0.29) is 5.78 Å². The van der Waals surface area contributed by atoms with Gasteiger partial charge in [-0.2, -0.15) is 0 Å². The number of aryl methyl sites for hydroxylation is 1. The lowest BCUT2D eigenvalue weighted by Crippen LogP contribution is -2.39. The summed E-state index contributed by atoms with van der Waals surface area (Å²) >= 11 is 0. The zero-order valence-electron chi connectivity index (χ0n) is 6.22. The van der Waals surface area contributed by atoms with Gasteiger partial charge in [-0.05, 0) is 0 Å². The Kier molecular flexibility index (Phi) is 1.59. The third-order valence-electron chi connectivity index (χ3n) is 1.42. The minimum Gasteiger partial charge on any atom is -0.343 e. The molecule has 3 heteroatoms. The fourth-order valence-electron chi connectivity index (χ4n) is 0.983. The molecule has 1 heterocycles. The number of rotatable bonds is 1. The maximum atomic E-state index is 10.8. The molecule has 0 saturated carbocycles. The second-order valence-corrected chi connectivity index (χ2v) is 2.40. The van der Waals surface area contributed by atoms with Gasteiger partial charge in [0.25, 0.3) is 0 Å². The fourth-order valence-corrected chi connectivity index (χ4v) is 0.983. The Morgan fingerprint density at radius 2 is 2.30 bits per heavy atom. The van der Waals surface area contributed by atoms with Crippen molar-refractivity contribution in [1.82, 2.24) is 4.57 Å². The molecule has 0 unspecified atom stereocenters. The highest BCUT2D eigenvalue weighted by atomic mass is 16.1. The molecule has 0 saturated heterocycles. The van der Waals surface area contributed by atoms with Crippen LogP contribution in [0.5, 0.6) is 0 Å². The van der Waals surface area contributed by atoms with Crippen LogP contribution in [0, 0.1) is 0 Å². The van der Waals surface area contributed by atoms with E-state index in [9.17, 15) is 4.79 Å². The molecule has 1 aromatic rings. The van der Waals surface area contributed by atoms with Gasteiger partial charge in [-0.3, -0.25) is 4.79 Å². The predicted molar refractivity (Wildman–Crippen MR) is 38.0 cm³/mol. The molecule has 1 aromatic heterocycles. The lowest BCUT2D eigenvalue weighted by atomic mass is 10.3. The van der Waals surface area contributed by atoms with Crippen LogP contribution in [0.4, 0.5) is 5.69 Å². The number of hydrogen-bond acceptors (Lipinski definition) is 1. The number of ketones is 1. The molecule has 0 fully saturated rings. The molecule has 0 atom stereocenters. The normalized spacial score (nSPS) is 9.90. The molecule has 0 aromatic carbocycles. The average molecular weight is 139 g/mol. The largest absolute Gasteiger partial charge is 0.343 e. The first-order valence-electron chi connectivity index (χ1n) is 3.10. The summed E-state index contributed by atoms with van der Waals surface area (Å²) in [5.74, 6) is 0.0809. The van der Waals surface area contributed by atoms with Gasteiger partial charge in [0.1, 0.15) is 5.69 Å². The Bertz CT molecular complexity index is 263. The molecule has 0 aliphatic carbocycles. The Morgan fingerprint density at radius 1 is 1.70 bits per heavy atom. The molecule has 54 valence electrons. The van der Waals surface area contributed by atoms with E-state index in [1.807, 2.05) is 13.2 Å². The fraction of sp³-hybridized carbons (Fsp3) is 0.286. The van der Waals surface area contributed by atoms with Crippen LogP contribution >= 0.6 is 0 Å². The summed E-state index contributed by atoms with van der Waals surface area (Å²) in [5, 5.41) is 0. The third kappa shape index (κ3) is 1.09. The topological polar surface area (TPSA) is 49.6 Å². The molecule has 1 rings (SSSR count). The Hall–Kier alpha value is -1.09. The van der Waals surface area contributed by atoms with Crippen LogP contribution in [0.2, 0.25) is 0 Å². The van der Waals surface area contributed by atoms with E-state index in [1.54, 1.807) is 17.6 Å². The first-order valence-corrected chi connectivity index (χ1v) is 3.10. The Labute approximate surface area is 59.4 Å². The number of aromatic nitrogens is 1. The highest BCUT2D eigenvalue weighted by Crippen LogP contribution is 2.06. The number of Topliss-reactive ketones (excluding diaryl/α,β-unsaturated/α-hetero) is 1. The van der Waals surface area contributed by atoms with E-state index in [0.29, 0.717) is 5.69 Å². The first kappa shape index (κ1) is 7.02. The molecule has 0 aliphatic heterocycles. The SMILES string of the molecule is CC(=O)c1cc([NH3+])cn1C. The van der Waals surface area contributed by atoms with Crippen LogP contribution in [-0.2, 0) is 7.05 Å². The van der Waals surface area contributed by atoms with Crippen LogP contribution in [0.15, 0.2) is 12.3 Å². The van der Waals surface area contributed by atoms with E-state index in [4.69, 9.17) is 0 Å². The summed E-state index contributed by atoms with van der Waals surface area (Å²) in [6.07, 6.45) is 1.83. The summed E-state index contributed by atoms with van der Waals surface area (Å²) < 4.78 is 1.78. The second-order valence-electron chi connectivity index (χ2n) is 2.40. The van der Waals surface area contributed by atoms with E-state index in [0.717, 1.165) is 5.69 Å². The van der Waals surface area contributed by atoms with Gasteiger partial charge >= 0.3 is 0 Å². The van der Waals surface area contributed by atoms with Gasteiger partial charge in [0.2, 0.25) is 0 Å². The molecule has 0 bridgehead atoms. The van der Waals surface area contributed by atoms with Crippen molar-refractivity contribution in [2.75, 3.05) is 0 Å². The van der Waals surface area contributed by atoms with E-state index in [2.05, 4.69) is 5.73 Å². The van der Waals surface area contributed by atoms with Gasteiger partial charge in [-0.15, -0.1) is 0 Å². The first-order chi connectivity index (χ1) is 4.61.